The van der Waals surface area contributed by atoms with Gasteiger partial charge in [0.1, 0.15) is 5.60 Å². The fourth-order valence-corrected chi connectivity index (χ4v) is 1.84. The maximum absolute atomic E-state index is 11.7. The maximum atomic E-state index is 11.7. The molecule has 0 spiro atoms. The summed E-state index contributed by atoms with van der Waals surface area (Å²) in [6, 6.07) is -1.18. The summed E-state index contributed by atoms with van der Waals surface area (Å²) in [4.78, 5) is 23.1. The number of rotatable bonds is 9. The first kappa shape index (κ1) is 21.2. The molecular weight excluding hydrogens is 298 g/mol. The smallest absolute Gasteiger partial charge is 0.408 e. The number of carbonyl (C=O) groups excluding carboxylic acids is 1. The lowest BCUT2D eigenvalue weighted by Crippen LogP contribution is -2.50. The standard InChI is InChI=1S/C17H29NO5/c1-7-9-13(10-8-2)11-22-12(3)14(15(19)20)18-16(21)23-17(4,5)6/h7,9,12,14H,1,8,10-11H2,2-6H3,(H,18,21)(H,19,20)/b13-9+. The fourth-order valence-electron chi connectivity index (χ4n) is 1.84. The van der Waals surface area contributed by atoms with E-state index in [-0.39, 0.29) is 0 Å². The number of carboxylic acids is 1. The van der Waals surface area contributed by atoms with Crippen molar-refractivity contribution in [3.63, 3.8) is 0 Å². The van der Waals surface area contributed by atoms with Crippen LogP contribution in [0, 0.1) is 0 Å². The van der Waals surface area contributed by atoms with E-state index in [2.05, 4.69) is 11.9 Å². The Morgan fingerprint density at radius 2 is 1.96 bits per heavy atom. The average molecular weight is 327 g/mol. The largest absolute Gasteiger partial charge is 0.480 e. The van der Waals surface area contributed by atoms with Crippen LogP contribution in [0.15, 0.2) is 24.3 Å². The number of nitrogens with one attached hydrogen (secondary N) is 1. The summed E-state index contributed by atoms with van der Waals surface area (Å²) < 4.78 is 10.7. The summed E-state index contributed by atoms with van der Waals surface area (Å²) >= 11 is 0. The van der Waals surface area contributed by atoms with E-state index in [4.69, 9.17) is 9.47 Å². The van der Waals surface area contributed by atoms with Gasteiger partial charge in [0.2, 0.25) is 0 Å². The zero-order chi connectivity index (χ0) is 18.0. The quantitative estimate of drug-likeness (QED) is 0.635. The molecule has 0 saturated carbocycles. The minimum atomic E-state index is -1.18. The highest BCUT2D eigenvalue weighted by molar-refractivity contribution is 5.80. The van der Waals surface area contributed by atoms with Gasteiger partial charge in [-0.05, 0) is 39.7 Å². The molecule has 0 aromatic rings. The monoisotopic (exact) mass is 327 g/mol. The normalized spacial score (nSPS) is 14.7. The van der Waals surface area contributed by atoms with E-state index in [9.17, 15) is 14.7 Å². The lowest BCUT2D eigenvalue weighted by atomic mass is 10.1. The van der Waals surface area contributed by atoms with Crippen molar-refractivity contribution in [1.29, 1.82) is 0 Å². The second kappa shape index (κ2) is 10.0. The number of amides is 1. The topological polar surface area (TPSA) is 84.9 Å². The summed E-state index contributed by atoms with van der Waals surface area (Å²) in [5.74, 6) is -1.17. The number of carboxylic acid groups (broad SMARTS) is 1. The van der Waals surface area contributed by atoms with Gasteiger partial charge in [-0.2, -0.15) is 0 Å². The van der Waals surface area contributed by atoms with Crippen LogP contribution in [-0.4, -0.2) is 41.5 Å². The van der Waals surface area contributed by atoms with Crippen molar-refractivity contribution in [2.75, 3.05) is 6.61 Å². The molecule has 0 aromatic heterocycles. The van der Waals surface area contributed by atoms with Crippen molar-refractivity contribution < 1.29 is 24.2 Å². The van der Waals surface area contributed by atoms with Crippen LogP contribution in [0.3, 0.4) is 0 Å². The first-order valence-corrected chi connectivity index (χ1v) is 7.75. The highest BCUT2D eigenvalue weighted by Crippen LogP contribution is 2.11. The molecule has 6 nitrogen and oxygen atoms in total. The van der Waals surface area contributed by atoms with E-state index in [0.29, 0.717) is 6.61 Å². The van der Waals surface area contributed by atoms with E-state index in [1.54, 1.807) is 33.8 Å². The molecule has 0 aliphatic heterocycles. The molecule has 132 valence electrons. The van der Waals surface area contributed by atoms with Crippen molar-refractivity contribution in [1.82, 2.24) is 5.32 Å². The van der Waals surface area contributed by atoms with Crippen molar-refractivity contribution >= 4 is 12.1 Å². The number of ether oxygens (including phenoxy) is 2. The molecule has 2 unspecified atom stereocenters. The third kappa shape index (κ3) is 9.73. The molecule has 0 heterocycles. The number of alkyl carbamates (subject to hydrolysis) is 1. The predicted molar refractivity (Wildman–Crippen MR) is 89.4 cm³/mol. The van der Waals surface area contributed by atoms with Crippen LogP contribution >= 0.6 is 0 Å². The number of carbonyl (C=O) groups is 2. The van der Waals surface area contributed by atoms with E-state index >= 15 is 0 Å². The van der Waals surface area contributed by atoms with Crippen LogP contribution < -0.4 is 5.32 Å². The van der Waals surface area contributed by atoms with E-state index in [1.165, 1.54) is 0 Å². The number of aliphatic carboxylic acids is 1. The second-order valence-corrected chi connectivity index (χ2v) is 6.29. The molecule has 0 fully saturated rings. The summed E-state index contributed by atoms with van der Waals surface area (Å²) in [6.07, 6.45) is 3.84. The van der Waals surface area contributed by atoms with Gasteiger partial charge in [-0.15, -0.1) is 0 Å². The molecule has 0 aliphatic carbocycles. The maximum Gasteiger partial charge on any atom is 0.408 e. The highest BCUT2D eigenvalue weighted by Gasteiger charge is 2.29. The molecule has 23 heavy (non-hydrogen) atoms. The third-order valence-corrected chi connectivity index (χ3v) is 2.86. The molecule has 0 bridgehead atoms. The Morgan fingerprint density at radius 1 is 1.35 bits per heavy atom. The van der Waals surface area contributed by atoms with Gasteiger partial charge in [0.25, 0.3) is 0 Å². The van der Waals surface area contributed by atoms with E-state index < -0.39 is 29.8 Å². The highest BCUT2D eigenvalue weighted by atomic mass is 16.6. The van der Waals surface area contributed by atoms with Crippen LogP contribution in [-0.2, 0) is 14.3 Å². The van der Waals surface area contributed by atoms with Crippen LogP contribution in [0.25, 0.3) is 0 Å². The van der Waals surface area contributed by atoms with Gasteiger partial charge < -0.3 is 19.9 Å². The van der Waals surface area contributed by atoms with Crippen molar-refractivity contribution in [3.8, 4) is 0 Å². The Bertz CT molecular complexity index is 437. The number of hydrogen-bond donors (Lipinski definition) is 2. The molecule has 0 aromatic carbocycles. The van der Waals surface area contributed by atoms with Crippen molar-refractivity contribution in [2.45, 2.75) is 65.2 Å². The SMILES string of the molecule is C=C/C=C(\CCC)COC(C)C(NC(=O)OC(C)(C)C)C(=O)O. The van der Waals surface area contributed by atoms with Crippen molar-refractivity contribution in [3.05, 3.63) is 24.3 Å². The second-order valence-electron chi connectivity index (χ2n) is 6.29. The Hall–Kier alpha value is -1.82. The molecule has 0 aliphatic rings. The van der Waals surface area contributed by atoms with Gasteiger partial charge >= 0.3 is 12.1 Å². The minimum Gasteiger partial charge on any atom is -0.480 e. The van der Waals surface area contributed by atoms with Gasteiger partial charge in [0.15, 0.2) is 6.04 Å². The van der Waals surface area contributed by atoms with Gasteiger partial charge in [0.05, 0.1) is 12.7 Å². The lowest BCUT2D eigenvalue weighted by Gasteiger charge is -2.25. The van der Waals surface area contributed by atoms with E-state index in [1.807, 2.05) is 13.0 Å². The van der Waals surface area contributed by atoms with Crippen molar-refractivity contribution in [2.24, 2.45) is 0 Å². The third-order valence-electron chi connectivity index (χ3n) is 2.86. The Labute approximate surface area is 138 Å². The Morgan fingerprint density at radius 3 is 2.39 bits per heavy atom. The zero-order valence-corrected chi connectivity index (χ0v) is 14.7. The van der Waals surface area contributed by atoms with Crippen LogP contribution in [0.4, 0.5) is 4.79 Å². The van der Waals surface area contributed by atoms with Gasteiger partial charge in [-0.25, -0.2) is 9.59 Å². The minimum absolute atomic E-state index is 0.292. The number of allylic oxidation sites excluding steroid dienone is 2. The molecular formula is C17H29NO5. The molecule has 2 atom stereocenters. The molecule has 0 saturated heterocycles. The lowest BCUT2D eigenvalue weighted by molar-refractivity contribution is -0.143. The van der Waals surface area contributed by atoms with Crippen LogP contribution in [0.5, 0.6) is 0 Å². The fraction of sp³-hybridized carbons (Fsp3) is 0.647. The Kier molecular flexibility index (Phi) is 9.25. The molecule has 6 heteroatoms. The first-order chi connectivity index (χ1) is 10.6. The predicted octanol–water partition coefficient (Wildman–Crippen LogP) is 3.28. The summed E-state index contributed by atoms with van der Waals surface area (Å²) in [5.41, 5.74) is 0.328. The van der Waals surface area contributed by atoms with Gasteiger partial charge in [-0.3, -0.25) is 0 Å². The van der Waals surface area contributed by atoms with E-state index in [0.717, 1.165) is 18.4 Å². The summed E-state index contributed by atoms with van der Waals surface area (Å²) in [6.45, 7) is 12.7. The molecule has 0 radical (unpaired) electrons. The molecule has 0 rings (SSSR count). The van der Waals surface area contributed by atoms with Crippen LogP contribution in [0.2, 0.25) is 0 Å². The molecule has 1 amide bonds. The first-order valence-electron chi connectivity index (χ1n) is 7.75. The van der Waals surface area contributed by atoms with Gasteiger partial charge in [-0.1, -0.05) is 32.1 Å². The summed E-state index contributed by atoms with van der Waals surface area (Å²) in [7, 11) is 0. The summed E-state index contributed by atoms with van der Waals surface area (Å²) in [5, 5.41) is 11.6. The van der Waals surface area contributed by atoms with Gasteiger partial charge in [0, 0.05) is 0 Å². The average Bonchev–Trinajstić information content (AvgIpc) is 2.40. The molecule has 2 N–H and O–H groups in total. The van der Waals surface area contributed by atoms with Crippen LogP contribution in [0.1, 0.15) is 47.5 Å². The Balaban J connectivity index is 4.71. The number of hydrogen-bond acceptors (Lipinski definition) is 4. The zero-order valence-electron chi connectivity index (χ0n) is 14.7.